The Morgan fingerprint density at radius 1 is 1.00 bits per heavy atom. The van der Waals surface area contributed by atoms with E-state index in [-0.39, 0.29) is 0 Å². The van der Waals surface area contributed by atoms with E-state index >= 15 is 0 Å². The summed E-state index contributed by atoms with van der Waals surface area (Å²) in [6.07, 6.45) is 0. The van der Waals surface area contributed by atoms with Gasteiger partial charge in [-0.25, -0.2) is 0 Å². The Hall–Kier alpha value is -1.59. The van der Waals surface area contributed by atoms with Gasteiger partial charge in [0, 0.05) is 26.2 Å². The van der Waals surface area contributed by atoms with Crippen LogP contribution in [0.4, 0.5) is 11.5 Å². The van der Waals surface area contributed by atoms with Gasteiger partial charge in [0.2, 0.25) is 0 Å². The largest absolute Gasteiger partial charge is 0.367 e. The van der Waals surface area contributed by atoms with Gasteiger partial charge in [-0.1, -0.05) is 36.0 Å². The maximum absolute atomic E-state index is 6.24. The van der Waals surface area contributed by atoms with Crippen molar-refractivity contribution in [1.82, 2.24) is 10.2 Å². The maximum Gasteiger partial charge on any atom is 0.149 e. The van der Waals surface area contributed by atoms with Crippen LogP contribution in [0.5, 0.6) is 0 Å². The van der Waals surface area contributed by atoms with Gasteiger partial charge < -0.3 is 9.80 Å². The molecule has 0 aliphatic carbocycles. The third kappa shape index (κ3) is 2.78. The number of benzene rings is 1. The first-order valence-corrected chi connectivity index (χ1v) is 7.33. The summed E-state index contributed by atoms with van der Waals surface area (Å²) in [5.74, 6) is 0.942. The summed E-state index contributed by atoms with van der Waals surface area (Å²) < 4.78 is 0.656. The van der Waals surface area contributed by atoms with E-state index in [1.54, 1.807) is 0 Å². The summed E-state index contributed by atoms with van der Waals surface area (Å²) in [6.45, 7) is 3.70. The quantitative estimate of drug-likeness (QED) is 0.865. The molecule has 1 aliphatic rings. The highest BCUT2D eigenvalue weighted by molar-refractivity contribution is 7.71. The molecule has 2 heterocycles. The maximum atomic E-state index is 6.24. The average molecular weight is 307 g/mol. The first kappa shape index (κ1) is 13.4. The number of hydrogen-bond donors (Lipinski definition) is 1. The van der Waals surface area contributed by atoms with E-state index in [0.29, 0.717) is 4.64 Å². The van der Waals surface area contributed by atoms with E-state index in [9.17, 15) is 0 Å². The lowest BCUT2D eigenvalue weighted by Gasteiger charge is -2.36. The third-order valence-corrected chi connectivity index (χ3v) is 4.01. The van der Waals surface area contributed by atoms with Crippen molar-refractivity contribution in [2.45, 2.75) is 0 Å². The van der Waals surface area contributed by atoms with Crippen LogP contribution in [0.2, 0.25) is 5.02 Å². The van der Waals surface area contributed by atoms with Crippen molar-refractivity contribution in [3.8, 4) is 0 Å². The van der Waals surface area contributed by atoms with Crippen LogP contribution in [0, 0.1) is 4.64 Å². The van der Waals surface area contributed by atoms with Crippen LogP contribution < -0.4 is 9.80 Å². The Morgan fingerprint density at radius 3 is 2.35 bits per heavy atom. The van der Waals surface area contributed by atoms with Crippen LogP contribution in [0.1, 0.15) is 0 Å². The summed E-state index contributed by atoms with van der Waals surface area (Å²) in [6, 6.07) is 11.8. The molecule has 0 bridgehead atoms. The highest BCUT2D eigenvalue weighted by atomic mass is 35.5. The molecule has 1 aromatic carbocycles. The molecule has 4 nitrogen and oxygen atoms in total. The molecule has 104 valence electrons. The molecule has 20 heavy (non-hydrogen) atoms. The van der Waals surface area contributed by atoms with Gasteiger partial charge in [-0.3, -0.25) is 5.10 Å². The molecule has 1 aromatic heterocycles. The van der Waals surface area contributed by atoms with Crippen LogP contribution in [-0.4, -0.2) is 36.4 Å². The molecule has 0 atom stereocenters. The van der Waals surface area contributed by atoms with Crippen molar-refractivity contribution in [3.05, 3.63) is 46.1 Å². The second-order valence-corrected chi connectivity index (χ2v) is 5.55. The van der Waals surface area contributed by atoms with E-state index < -0.39 is 0 Å². The van der Waals surface area contributed by atoms with Crippen molar-refractivity contribution in [3.63, 3.8) is 0 Å². The minimum Gasteiger partial charge on any atom is -0.367 e. The van der Waals surface area contributed by atoms with E-state index in [2.05, 4.69) is 26.1 Å². The number of para-hydroxylation sites is 1. The monoisotopic (exact) mass is 306 g/mol. The molecule has 1 N–H and O–H groups in total. The lowest BCUT2D eigenvalue weighted by Crippen LogP contribution is -2.47. The molecule has 0 spiro atoms. The Bertz CT molecular complexity index is 629. The fraction of sp³-hybridized carbons (Fsp3) is 0.286. The molecule has 1 saturated heterocycles. The van der Waals surface area contributed by atoms with Crippen molar-refractivity contribution >= 4 is 35.3 Å². The molecular formula is C14H15ClN4S. The second-order valence-electron chi connectivity index (χ2n) is 4.70. The predicted molar refractivity (Wildman–Crippen MR) is 85.3 cm³/mol. The van der Waals surface area contributed by atoms with Crippen LogP contribution in [0.3, 0.4) is 0 Å². The fourth-order valence-electron chi connectivity index (χ4n) is 2.40. The first-order chi connectivity index (χ1) is 9.74. The highest BCUT2D eigenvalue weighted by Crippen LogP contribution is 2.26. The number of anilines is 2. The number of H-pyrrole nitrogens is 1. The lowest BCUT2D eigenvalue weighted by molar-refractivity contribution is 0.643. The number of aromatic amines is 1. The van der Waals surface area contributed by atoms with Crippen molar-refractivity contribution in [2.75, 3.05) is 36.0 Å². The SMILES string of the molecule is S=c1ccc(N2CCN(c3ccccc3Cl)CC2)n[nH]1. The highest BCUT2D eigenvalue weighted by Gasteiger charge is 2.19. The van der Waals surface area contributed by atoms with Gasteiger partial charge in [-0.15, -0.1) is 0 Å². The van der Waals surface area contributed by atoms with Gasteiger partial charge >= 0.3 is 0 Å². The predicted octanol–water partition coefficient (Wildman–Crippen LogP) is 3.12. The van der Waals surface area contributed by atoms with Gasteiger partial charge in [0.15, 0.2) is 0 Å². The number of rotatable bonds is 2. The summed E-state index contributed by atoms with van der Waals surface area (Å²) >= 11 is 11.3. The minimum atomic E-state index is 0.656. The molecule has 1 aliphatic heterocycles. The second kappa shape index (κ2) is 5.81. The summed E-state index contributed by atoms with van der Waals surface area (Å²) in [7, 11) is 0. The number of hydrogen-bond acceptors (Lipinski definition) is 4. The molecule has 2 aromatic rings. The van der Waals surface area contributed by atoms with E-state index in [0.717, 1.165) is 42.7 Å². The Balaban J connectivity index is 1.69. The van der Waals surface area contributed by atoms with Crippen LogP contribution in [-0.2, 0) is 0 Å². The molecular weight excluding hydrogens is 292 g/mol. The van der Waals surface area contributed by atoms with Gasteiger partial charge in [-0.2, -0.15) is 5.10 Å². The number of nitrogens with zero attached hydrogens (tertiary/aromatic N) is 3. The van der Waals surface area contributed by atoms with Crippen molar-refractivity contribution < 1.29 is 0 Å². The van der Waals surface area contributed by atoms with Gasteiger partial charge in [0.25, 0.3) is 0 Å². The molecule has 6 heteroatoms. The van der Waals surface area contributed by atoms with E-state index in [1.165, 1.54) is 0 Å². The molecule has 0 radical (unpaired) electrons. The number of aromatic nitrogens is 2. The zero-order valence-corrected chi connectivity index (χ0v) is 12.5. The first-order valence-electron chi connectivity index (χ1n) is 6.54. The topological polar surface area (TPSA) is 35.2 Å². The standard InChI is InChI=1S/C14H15ClN4S/c15-11-3-1-2-4-12(11)18-7-9-19(10-8-18)13-5-6-14(20)17-16-13/h1-6H,7-10H2,(H,17,20). The molecule has 1 fully saturated rings. The summed E-state index contributed by atoms with van der Waals surface area (Å²) in [4.78, 5) is 4.56. The Labute approximate surface area is 128 Å². The van der Waals surface area contributed by atoms with Crippen LogP contribution >= 0.6 is 23.8 Å². The lowest BCUT2D eigenvalue weighted by atomic mass is 10.2. The molecule has 0 unspecified atom stereocenters. The third-order valence-electron chi connectivity index (χ3n) is 3.46. The average Bonchev–Trinajstić information content (AvgIpc) is 2.49. The van der Waals surface area contributed by atoms with Gasteiger partial charge in [0.1, 0.15) is 10.5 Å². The smallest absolute Gasteiger partial charge is 0.149 e. The normalized spacial score (nSPS) is 15.4. The number of halogens is 1. The molecule has 3 rings (SSSR count). The Kier molecular flexibility index (Phi) is 3.89. The van der Waals surface area contributed by atoms with Crippen LogP contribution in [0.25, 0.3) is 0 Å². The molecule has 0 amide bonds. The van der Waals surface area contributed by atoms with Crippen LogP contribution in [0.15, 0.2) is 36.4 Å². The summed E-state index contributed by atoms with van der Waals surface area (Å²) in [5.41, 5.74) is 1.11. The van der Waals surface area contributed by atoms with Crippen molar-refractivity contribution in [2.24, 2.45) is 0 Å². The minimum absolute atomic E-state index is 0.656. The zero-order chi connectivity index (χ0) is 13.9. The van der Waals surface area contributed by atoms with Gasteiger partial charge in [0.05, 0.1) is 10.7 Å². The van der Waals surface area contributed by atoms with E-state index in [4.69, 9.17) is 23.8 Å². The number of nitrogens with one attached hydrogen (secondary N) is 1. The zero-order valence-electron chi connectivity index (χ0n) is 10.9. The molecule has 0 saturated carbocycles. The van der Waals surface area contributed by atoms with Gasteiger partial charge in [-0.05, 0) is 24.3 Å². The van der Waals surface area contributed by atoms with E-state index in [1.807, 2.05) is 30.3 Å². The fourth-order valence-corrected chi connectivity index (χ4v) is 2.77. The summed E-state index contributed by atoms with van der Waals surface area (Å²) in [5, 5.41) is 7.92. The number of piperazine rings is 1. The Morgan fingerprint density at radius 2 is 1.70 bits per heavy atom. The van der Waals surface area contributed by atoms with Crippen molar-refractivity contribution in [1.29, 1.82) is 0 Å².